The molecule has 0 saturated carbocycles. The molecule has 1 aromatic carbocycles. The summed E-state index contributed by atoms with van der Waals surface area (Å²) in [5.41, 5.74) is 1.77. The standard InChI is InChI=1S/C18H23NO2S2/c1-4-5-8-13(2)21-17(20)11-15-9-6-7-10-16(15)19-18-22-12-14(3)23-18/h6-7,9-10,12-13H,4-5,8,11H2,1-3H3. The van der Waals surface area contributed by atoms with E-state index in [1.54, 1.807) is 22.7 Å². The van der Waals surface area contributed by atoms with E-state index in [1.807, 2.05) is 31.2 Å². The van der Waals surface area contributed by atoms with Crippen molar-refractivity contribution in [3.63, 3.8) is 0 Å². The van der Waals surface area contributed by atoms with Gasteiger partial charge in [-0.3, -0.25) is 4.79 Å². The average Bonchev–Trinajstić information content (AvgIpc) is 2.92. The third-order valence-corrected chi connectivity index (χ3v) is 5.57. The second-order valence-electron chi connectivity index (χ2n) is 5.57. The third-order valence-electron chi connectivity index (χ3n) is 3.41. The molecule has 5 heteroatoms. The van der Waals surface area contributed by atoms with Gasteiger partial charge < -0.3 is 4.74 Å². The molecule has 2 rings (SSSR count). The first-order chi connectivity index (χ1) is 11.1. The SMILES string of the molecule is CCCCC(C)OC(=O)Cc1ccccc1N=c1scc(C)s1. The Bertz CT molecular complexity index is 703. The van der Waals surface area contributed by atoms with Gasteiger partial charge in [-0.1, -0.05) is 38.0 Å². The lowest BCUT2D eigenvalue weighted by atomic mass is 10.1. The van der Waals surface area contributed by atoms with E-state index in [-0.39, 0.29) is 18.5 Å². The Kier molecular flexibility index (Phi) is 6.99. The van der Waals surface area contributed by atoms with Crippen LogP contribution in [0.5, 0.6) is 0 Å². The van der Waals surface area contributed by atoms with Gasteiger partial charge in [0.1, 0.15) is 0 Å². The van der Waals surface area contributed by atoms with Crippen molar-refractivity contribution in [1.29, 1.82) is 0 Å². The number of esters is 1. The van der Waals surface area contributed by atoms with Crippen LogP contribution in [0.25, 0.3) is 0 Å². The van der Waals surface area contributed by atoms with Crippen LogP contribution in [0.4, 0.5) is 5.69 Å². The number of aryl methyl sites for hydroxylation is 1. The van der Waals surface area contributed by atoms with Crippen molar-refractivity contribution in [2.24, 2.45) is 4.99 Å². The highest BCUT2D eigenvalue weighted by Gasteiger charge is 2.12. The number of carbonyl (C=O) groups excluding carboxylic acids is 1. The number of para-hydroxylation sites is 1. The van der Waals surface area contributed by atoms with E-state index in [0.717, 1.165) is 34.5 Å². The highest BCUT2D eigenvalue weighted by Crippen LogP contribution is 2.20. The fourth-order valence-corrected chi connectivity index (χ4v) is 4.11. The highest BCUT2D eigenvalue weighted by atomic mass is 32.2. The molecule has 1 aromatic heterocycles. The normalized spacial score (nSPS) is 13.1. The van der Waals surface area contributed by atoms with E-state index in [4.69, 9.17) is 4.74 Å². The van der Waals surface area contributed by atoms with Gasteiger partial charge in [-0.15, -0.1) is 22.7 Å². The Morgan fingerprint density at radius 3 is 2.83 bits per heavy atom. The maximum atomic E-state index is 12.1. The molecule has 0 fully saturated rings. The Labute approximate surface area is 145 Å². The Balaban J connectivity index is 2.07. The van der Waals surface area contributed by atoms with Crippen LogP contribution in [0.15, 0.2) is 34.6 Å². The first-order valence-corrected chi connectivity index (χ1v) is 9.65. The second-order valence-corrected chi connectivity index (χ2v) is 7.93. The van der Waals surface area contributed by atoms with Crippen LogP contribution in [0.2, 0.25) is 0 Å². The minimum absolute atomic E-state index is 0.0197. The van der Waals surface area contributed by atoms with Gasteiger partial charge in [0, 0.05) is 10.3 Å². The Hall–Kier alpha value is -1.46. The molecule has 0 spiro atoms. The van der Waals surface area contributed by atoms with Gasteiger partial charge in [-0.25, -0.2) is 4.99 Å². The smallest absolute Gasteiger partial charge is 0.310 e. The summed E-state index contributed by atoms with van der Waals surface area (Å²) < 4.78 is 6.49. The number of ether oxygens (including phenoxy) is 1. The molecule has 3 nitrogen and oxygen atoms in total. The largest absolute Gasteiger partial charge is 0.462 e. The lowest BCUT2D eigenvalue weighted by Crippen LogP contribution is -2.16. The van der Waals surface area contributed by atoms with Crippen LogP contribution in [0, 0.1) is 6.92 Å². The van der Waals surface area contributed by atoms with E-state index in [1.165, 1.54) is 4.88 Å². The zero-order valence-corrected chi connectivity index (χ0v) is 15.5. The minimum atomic E-state index is -0.178. The van der Waals surface area contributed by atoms with Crippen molar-refractivity contribution in [1.82, 2.24) is 0 Å². The maximum Gasteiger partial charge on any atom is 0.310 e. The van der Waals surface area contributed by atoms with Crippen LogP contribution in [-0.2, 0) is 16.0 Å². The van der Waals surface area contributed by atoms with E-state index in [2.05, 4.69) is 24.2 Å². The predicted octanol–water partition coefficient (Wildman–Crippen LogP) is 5.01. The molecule has 0 aliphatic rings. The number of carbonyl (C=O) groups is 1. The van der Waals surface area contributed by atoms with E-state index in [9.17, 15) is 4.79 Å². The fraction of sp³-hybridized carbons (Fsp3) is 0.444. The molecule has 1 unspecified atom stereocenters. The summed E-state index contributed by atoms with van der Waals surface area (Å²) in [6.45, 7) is 6.17. The molecule has 0 amide bonds. The quantitative estimate of drug-likeness (QED) is 0.659. The number of rotatable bonds is 7. The highest BCUT2D eigenvalue weighted by molar-refractivity contribution is 7.26. The average molecular weight is 350 g/mol. The minimum Gasteiger partial charge on any atom is -0.462 e. The predicted molar refractivity (Wildman–Crippen MR) is 97.4 cm³/mol. The van der Waals surface area contributed by atoms with Crippen LogP contribution in [0.3, 0.4) is 0 Å². The van der Waals surface area contributed by atoms with E-state index >= 15 is 0 Å². The van der Waals surface area contributed by atoms with Crippen molar-refractivity contribution in [3.8, 4) is 0 Å². The molecule has 23 heavy (non-hydrogen) atoms. The Morgan fingerprint density at radius 2 is 2.13 bits per heavy atom. The number of unbranched alkanes of at least 4 members (excludes halogenated alkanes) is 1. The van der Waals surface area contributed by atoms with Gasteiger partial charge >= 0.3 is 5.97 Å². The van der Waals surface area contributed by atoms with Crippen LogP contribution >= 0.6 is 22.7 Å². The van der Waals surface area contributed by atoms with E-state index in [0.29, 0.717) is 0 Å². The molecule has 0 saturated heterocycles. The summed E-state index contributed by atoms with van der Waals surface area (Å²) in [5.74, 6) is -0.178. The first-order valence-electron chi connectivity index (χ1n) is 7.96. The summed E-state index contributed by atoms with van der Waals surface area (Å²) in [6.07, 6.45) is 3.37. The molecular formula is C18H23NO2S2. The summed E-state index contributed by atoms with van der Waals surface area (Å²) in [6, 6.07) is 7.78. The molecule has 1 atom stereocenters. The number of nitrogens with zero attached hydrogens (tertiary/aromatic N) is 1. The summed E-state index contributed by atoms with van der Waals surface area (Å²) >= 11 is 3.29. The second kappa shape index (κ2) is 8.99. The van der Waals surface area contributed by atoms with Gasteiger partial charge in [0.15, 0.2) is 3.98 Å². The zero-order valence-electron chi connectivity index (χ0n) is 13.9. The first kappa shape index (κ1) is 17.9. The molecule has 0 radical (unpaired) electrons. The lowest BCUT2D eigenvalue weighted by Gasteiger charge is -2.13. The van der Waals surface area contributed by atoms with Crippen LogP contribution in [0.1, 0.15) is 43.6 Å². The number of hydrogen-bond donors (Lipinski definition) is 0. The van der Waals surface area contributed by atoms with Gasteiger partial charge in [0.25, 0.3) is 0 Å². The molecule has 0 aliphatic carbocycles. The van der Waals surface area contributed by atoms with Crippen molar-refractivity contribution in [2.75, 3.05) is 0 Å². The number of benzene rings is 1. The topological polar surface area (TPSA) is 38.7 Å². The lowest BCUT2D eigenvalue weighted by molar-refractivity contribution is -0.147. The third kappa shape index (κ3) is 5.92. The summed E-state index contributed by atoms with van der Waals surface area (Å²) in [5, 5.41) is 2.09. The molecule has 2 aromatic rings. The fourth-order valence-electron chi connectivity index (χ4n) is 2.21. The Morgan fingerprint density at radius 1 is 1.35 bits per heavy atom. The number of hydrogen-bond acceptors (Lipinski definition) is 5. The van der Waals surface area contributed by atoms with Crippen molar-refractivity contribution in [2.45, 2.75) is 52.6 Å². The van der Waals surface area contributed by atoms with Crippen LogP contribution < -0.4 is 3.98 Å². The summed E-state index contributed by atoms with van der Waals surface area (Å²) in [4.78, 5) is 18.1. The van der Waals surface area contributed by atoms with Crippen molar-refractivity contribution in [3.05, 3.63) is 44.1 Å². The van der Waals surface area contributed by atoms with Gasteiger partial charge in [-0.2, -0.15) is 0 Å². The molecule has 124 valence electrons. The van der Waals surface area contributed by atoms with Gasteiger partial charge in [0.2, 0.25) is 0 Å². The van der Waals surface area contributed by atoms with Gasteiger partial charge in [-0.05, 0) is 31.9 Å². The molecular weight excluding hydrogens is 326 g/mol. The molecule has 1 heterocycles. The van der Waals surface area contributed by atoms with Crippen molar-refractivity contribution >= 4 is 34.3 Å². The zero-order chi connectivity index (χ0) is 16.7. The maximum absolute atomic E-state index is 12.1. The molecule has 0 N–H and O–H groups in total. The van der Waals surface area contributed by atoms with E-state index < -0.39 is 0 Å². The molecule has 0 aliphatic heterocycles. The van der Waals surface area contributed by atoms with Crippen LogP contribution in [-0.4, -0.2) is 12.1 Å². The monoisotopic (exact) mass is 349 g/mol. The summed E-state index contributed by atoms with van der Waals surface area (Å²) in [7, 11) is 0. The van der Waals surface area contributed by atoms with Crippen molar-refractivity contribution < 1.29 is 9.53 Å². The molecule has 0 bridgehead atoms. The van der Waals surface area contributed by atoms with Gasteiger partial charge in [0.05, 0.1) is 18.2 Å².